The van der Waals surface area contributed by atoms with Crippen LogP contribution in [-0.2, 0) is 14.6 Å². The molecule has 6 nitrogen and oxygen atoms in total. The quantitative estimate of drug-likeness (QED) is 0.671. The van der Waals surface area contributed by atoms with Gasteiger partial charge in [-0.25, -0.2) is 8.42 Å². The Hall–Kier alpha value is -0.660. The molecule has 0 aromatic carbocycles. The minimum Gasteiger partial charge on any atom is -0.481 e. The van der Waals surface area contributed by atoms with Crippen LogP contribution >= 0.6 is 0 Å². The zero-order chi connectivity index (χ0) is 12.9. The number of rotatable bonds is 6. The predicted molar refractivity (Wildman–Crippen MR) is 64.8 cm³/mol. The smallest absolute Gasteiger partial charge is 0.304 e. The molecule has 0 radical (unpaired) electrons. The molecule has 0 unspecified atom stereocenters. The molecule has 1 rings (SSSR count). The first-order chi connectivity index (χ1) is 7.89. The molecule has 1 heterocycles. The van der Waals surface area contributed by atoms with Gasteiger partial charge in [-0.3, -0.25) is 9.69 Å². The van der Waals surface area contributed by atoms with Gasteiger partial charge in [-0.1, -0.05) is 0 Å². The molecule has 7 heteroatoms. The molecule has 100 valence electrons. The van der Waals surface area contributed by atoms with Gasteiger partial charge >= 0.3 is 5.97 Å². The van der Waals surface area contributed by atoms with Crippen molar-refractivity contribution >= 4 is 15.8 Å². The highest BCUT2D eigenvalue weighted by Gasteiger charge is 2.18. The van der Waals surface area contributed by atoms with Crippen molar-refractivity contribution in [2.45, 2.75) is 6.42 Å². The molecule has 0 aromatic heterocycles. The summed E-state index contributed by atoms with van der Waals surface area (Å²) in [7, 11) is -1.18. The summed E-state index contributed by atoms with van der Waals surface area (Å²) in [6.07, 6.45) is -0.301. The summed E-state index contributed by atoms with van der Waals surface area (Å²) in [5, 5.41) is 8.44. The molecule has 1 aliphatic rings. The largest absolute Gasteiger partial charge is 0.481 e. The van der Waals surface area contributed by atoms with E-state index >= 15 is 0 Å². The van der Waals surface area contributed by atoms with Crippen LogP contribution in [0.15, 0.2) is 0 Å². The Morgan fingerprint density at radius 2 is 1.76 bits per heavy atom. The number of likely N-dealkylation sites (N-methyl/N-ethyl adjacent to an activating group) is 1. The van der Waals surface area contributed by atoms with Gasteiger partial charge in [0.15, 0.2) is 9.84 Å². The normalized spacial score (nSPS) is 19.4. The Balaban J connectivity index is 2.27. The standard InChI is InChI=1S/C10H20N2O4S/c1-11-3-5-12(6-4-11)7-9-17(15,16)8-2-10(13)14/h2-9H2,1H3,(H,13,14). The second kappa shape index (κ2) is 6.32. The summed E-state index contributed by atoms with van der Waals surface area (Å²) in [5.74, 6) is -1.26. The molecule has 1 aliphatic heterocycles. The van der Waals surface area contributed by atoms with Gasteiger partial charge in [-0.2, -0.15) is 0 Å². The lowest BCUT2D eigenvalue weighted by molar-refractivity contribution is -0.136. The Kier molecular flexibility index (Phi) is 5.35. The fourth-order valence-corrected chi connectivity index (χ4v) is 2.91. The molecule has 0 saturated carbocycles. The summed E-state index contributed by atoms with van der Waals surface area (Å²) in [4.78, 5) is 14.6. The fraction of sp³-hybridized carbons (Fsp3) is 0.900. The van der Waals surface area contributed by atoms with Crippen molar-refractivity contribution in [2.75, 3.05) is 51.3 Å². The third-order valence-electron chi connectivity index (χ3n) is 2.94. The van der Waals surface area contributed by atoms with Gasteiger partial charge in [0.1, 0.15) is 0 Å². The van der Waals surface area contributed by atoms with Gasteiger partial charge in [0.2, 0.25) is 0 Å². The van der Waals surface area contributed by atoms with E-state index in [1.165, 1.54) is 0 Å². The average molecular weight is 264 g/mol. The maximum absolute atomic E-state index is 11.5. The number of piperazine rings is 1. The first-order valence-electron chi connectivity index (χ1n) is 5.72. The number of nitrogens with zero attached hydrogens (tertiary/aromatic N) is 2. The van der Waals surface area contributed by atoms with E-state index in [9.17, 15) is 13.2 Å². The number of carboxylic acids is 1. The van der Waals surface area contributed by atoms with Crippen molar-refractivity contribution < 1.29 is 18.3 Å². The SMILES string of the molecule is CN1CCN(CCS(=O)(=O)CCC(=O)O)CC1. The first-order valence-corrected chi connectivity index (χ1v) is 7.54. The van der Waals surface area contributed by atoms with Crippen LogP contribution in [0.1, 0.15) is 6.42 Å². The van der Waals surface area contributed by atoms with Crippen LogP contribution in [0, 0.1) is 0 Å². The first kappa shape index (κ1) is 14.4. The molecule has 0 bridgehead atoms. The number of hydrogen-bond donors (Lipinski definition) is 1. The van der Waals surface area contributed by atoms with E-state index in [0.29, 0.717) is 6.54 Å². The topological polar surface area (TPSA) is 77.9 Å². The molecular formula is C10H20N2O4S. The van der Waals surface area contributed by atoms with Gasteiger partial charge in [-0.15, -0.1) is 0 Å². The monoisotopic (exact) mass is 264 g/mol. The van der Waals surface area contributed by atoms with Crippen molar-refractivity contribution in [3.8, 4) is 0 Å². The van der Waals surface area contributed by atoms with Crippen molar-refractivity contribution in [1.29, 1.82) is 0 Å². The molecule has 0 aromatic rings. The van der Waals surface area contributed by atoms with E-state index in [1.807, 2.05) is 7.05 Å². The summed E-state index contributed by atoms with van der Waals surface area (Å²) in [6, 6.07) is 0. The summed E-state index contributed by atoms with van der Waals surface area (Å²) >= 11 is 0. The molecule has 1 fully saturated rings. The number of aliphatic carboxylic acids is 1. The van der Waals surface area contributed by atoms with Gasteiger partial charge in [0.25, 0.3) is 0 Å². The Bertz CT molecular complexity index is 347. The number of carbonyl (C=O) groups is 1. The average Bonchev–Trinajstić information content (AvgIpc) is 2.26. The van der Waals surface area contributed by atoms with Crippen molar-refractivity contribution in [1.82, 2.24) is 9.80 Å². The maximum Gasteiger partial charge on any atom is 0.304 e. The van der Waals surface area contributed by atoms with Crippen molar-refractivity contribution in [3.63, 3.8) is 0 Å². The van der Waals surface area contributed by atoms with E-state index in [0.717, 1.165) is 26.2 Å². The lowest BCUT2D eigenvalue weighted by atomic mass is 10.3. The van der Waals surface area contributed by atoms with Crippen LogP contribution < -0.4 is 0 Å². The summed E-state index contributed by atoms with van der Waals surface area (Å²) in [5.41, 5.74) is 0. The molecule has 0 spiro atoms. The van der Waals surface area contributed by atoms with Crippen LogP contribution in [0.4, 0.5) is 0 Å². The molecule has 0 atom stereocenters. The molecule has 17 heavy (non-hydrogen) atoms. The second-order valence-electron chi connectivity index (χ2n) is 4.44. The van der Waals surface area contributed by atoms with Gasteiger partial charge in [-0.05, 0) is 7.05 Å². The lowest BCUT2D eigenvalue weighted by Crippen LogP contribution is -2.46. The second-order valence-corrected chi connectivity index (χ2v) is 6.74. The Morgan fingerprint density at radius 3 is 2.29 bits per heavy atom. The third-order valence-corrected chi connectivity index (χ3v) is 4.57. The van der Waals surface area contributed by atoms with Crippen LogP contribution in [0.25, 0.3) is 0 Å². The van der Waals surface area contributed by atoms with Gasteiger partial charge in [0.05, 0.1) is 17.9 Å². The Morgan fingerprint density at radius 1 is 1.18 bits per heavy atom. The minimum atomic E-state index is -3.23. The Labute approximate surface area is 102 Å². The van der Waals surface area contributed by atoms with Crippen LogP contribution in [0.3, 0.4) is 0 Å². The van der Waals surface area contributed by atoms with Crippen LogP contribution in [-0.4, -0.2) is 80.6 Å². The number of hydrogen-bond acceptors (Lipinski definition) is 5. The lowest BCUT2D eigenvalue weighted by Gasteiger charge is -2.32. The highest BCUT2D eigenvalue weighted by atomic mass is 32.2. The zero-order valence-corrected chi connectivity index (χ0v) is 10.9. The van der Waals surface area contributed by atoms with Gasteiger partial charge < -0.3 is 10.0 Å². The van der Waals surface area contributed by atoms with E-state index < -0.39 is 15.8 Å². The van der Waals surface area contributed by atoms with Crippen LogP contribution in [0.5, 0.6) is 0 Å². The van der Waals surface area contributed by atoms with Crippen LogP contribution in [0.2, 0.25) is 0 Å². The van der Waals surface area contributed by atoms with E-state index in [2.05, 4.69) is 9.80 Å². The predicted octanol–water partition coefficient (Wildman–Crippen LogP) is -0.877. The van der Waals surface area contributed by atoms with E-state index in [-0.39, 0.29) is 17.9 Å². The minimum absolute atomic E-state index is 0.0595. The van der Waals surface area contributed by atoms with E-state index in [1.54, 1.807) is 0 Å². The molecule has 0 aliphatic carbocycles. The van der Waals surface area contributed by atoms with Crippen molar-refractivity contribution in [3.05, 3.63) is 0 Å². The third kappa shape index (κ3) is 5.99. The maximum atomic E-state index is 11.5. The number of carboxylic acid groups (broad SMARTS) is 1. The molecular weight excluding hydrogens is 244 g/mol. The zero-order valence-electron chi connectivity index (χ0n) is 10.1. The number of sulfone groups is 1. The van der Waals surface area contributed by atoms with E-state index in [4.69, 9.17) is 5.11 Å². The van der Waals surface area contributed by atoms with Gasteiger partial charge in [0, 0.05) is 32.7 Å². The molecule has 1 N–H and O–H groups in total. The highest BCUT2D eigenvalue weighted by molar-refractivity contribution is 7.91. The van der Waals surface area contributed by atoms with Crippen molar-refractivity contribution in [2.24, 2.45) is 0 Å². The molecule has 0 amide bonds. The highest BCUT2D eigenvalue weighted by Crippen LogP contribution is 2.01. The summed E-state index contributed by atoms with van der Waals surface area (Å²) < 4.78 is 23.1. The molecule has 1 saturated heterocycles. The fourth-order valence-electron chi connectivity index (χ4n) is 1.68. The summed E-state index contributed by atoms with van der Waals surface area (Å²) in [6.45, 7) is 4.18.